The van der Waals surface area contributed by atoms with Gasteiger partial charge in [0.05, 0.1) is 0 Å². The first-order valence-corrected chi connectivity index (χ1v) is 18.1. The molecular weight excluding hydrogens is 375 g/mol. The quantitative estimate of drug-likeness (QED) is 0.239. The zero-order chi connectivity index (χ0) is 16.1. The van der Waals surface area contributed by atoms with Crippen molar-refractivity contribution in [3.8, 4) is 0 Å². The molecule has 2 heteroatoms. The van der Waals surface area contributed by atoms with Crippen LogP contribution < -0.4 is 0 Å². The summed E-state index contributed by atoms with van der Waals surface area (Å²) in [5, 5.41) is 0. The van der Waals surface area contributed by atoms with Crippen LogP contribution in [0.25, 0.3) is 0 Å². The van der Waals surface area contributed by atoms with Gasteiger partial charge in [0.25, 0.3) is 0 Å². The van der Waals surface area contributed by atoms with Crippen molar-refractivity contribution in [1.29, 1.82) is 0 Å². The van der Waals surface area contributed by atoms with Crippen LogP contribution in [-0.2, 0) is 4.74 Å². The summed E-state index contributed by atoms with van der Waals surface area (Å²) in [5.74, 6) is 0.710. The molecule has 1 unspecified atom stereocenters. The molecule has 22 heavy (non-hydrogen) atoms. The van der Waals surface area contributed by atoms with Gasteiger partial charge in [0.1, 0.15) is 0 Å². The summed E-state index contributed by atoms with van der Waals surface area (Å²) in [5.41, 5.74) is 0. The van der Waals surface area contributed by atoms with Crippen molar-refractivity contribution in [2.45, 2.75) is 91.9 Å². The number of unbranched alkanes of at least 4 members (excludes halogenated alkanes) is 3. The standard InChI is InChI=1S/C8H13O.3C4H9.Sn/c1-9-7-8-5-3-2-4-6-8;3*1-3-4-2;/h3,5,8H,1-2,4,6-7H2;3*1,3-4H2,2H3;. The van der Waals surface area contributed by atoms with E-state index in [0.717, 1.165) is 6.61 Å². The van der Waals surface area contributed by atoms with Crippen LogP contribution >= 0.6 is 0 Å². The van der Waals surface area contributed by atoms with Gasteiger partial charge in [-0.3, -0.25) is 0 Å². The Morgan fingerprint density at radius 3 is 2.00 bits per heavy atom. The van der Waals surface area contributed by atoms with Crippen LogP contribution in [0.1, 0.15) is 78.6 Å². The first kappa shape index (κ1) is 20.5. The van der Waals surface area contributed by atoms with Crippen LogP contribution in [0.2, 0.25) is 13.3 Å². The van der Waals surface area contributed by atoms with Crippen LogP contribution in [0.5, 0.6) is 0 Å². The van der Waals surface area contributed by atoms with Crippen LogP contribution in [0.3, 0.4) is 0 Å². The second kappa shape index (κ2) is 12.9. The summed E-state index contributed by atoms with van der Waals surface area (Å²) in [6.07, 6.45) is 17.2. The number of hydrogen-bond donors (Lipinski definition) is 0. The Balaban J connectivity index is 2.51. The topological polar surface area (TPSA) is 9.23 Å². The molecule has 0 heterocycles. The number of ether oxygens (including phenoxy) is 1. The first-order chi connectivity index (χ1) is 10.8. The monoisotopic (exact) mass is 416 g/mol. The molecule has 1 aliphatic carbocycles. The zero-order valence-corrected chi connectivity index (χ0v) is 18.4. The minimum atomic E-state index is -2.03. The van der Waals surface area contributed by atoms with Crippen LogP contribution in [-0.4, -0.2) is 29.6 Å². The van der Waals surface area contributed by atoms with E-state index in [-0.39, 0.29) is 0 Å². The Morgan fingerprint density at radius 1 is 0.955 bits per heavy atom. The molecular formula is C20H40OSn. The van der Waals surface area contributed by atoms with Gasteiger partial charge in [-0.25, -0.2) is 0 Å². The van der Waals surface area contributed by atoms with Crippen molar-refractivity contribution < 1.29 is 4.74 Å². The zero-order valence-electron chi connectivity index (χ0n) is 15.5. The first-order valence-electron chi connectivity index (χ1n) is 10.0. The molecule has 0 saturated heterocycles. The fourth-order valence-corrected chi connectivity index (χ4v) is 18.1. The van der Waals surface area contributed by atoms with Crippen molar-refractivity contribution in [2.75, 3.05) is 11.2 Å². The summed E-state index contributed by atoms with van der Waals surface area (Å²) in [6, 6.07) is 0. The number of hydrogen-bond acceptors (Lipinski definition) is 1. The average Bonchev–Trinajstić information content (AvgIpc) is 2.57. The Morgan fingerprint density at radius 2 is 1.55 bits per heavy atom. The van der Waals surface area contributed by atoms with Crippen LogP contribution in [0.15, 0.2) is 12.2 Å². The van der Waals surface area contributed by atoms with Crippen molar-refractivity contribution in [2.24, 2.45) is 5.92 Å². The van der Waals surface area contributed by atoms with E-state index in [1.807, 2.05) is 0 Å². The molecule has 1 nitrogen and oxygen atoms in total. The van der Waals surface area contributed by atoms with E-state index in [4.69, 9.17) is 4.74 Å². The fraction of sp³-hybridized carbons (Fsp3) is 0.900. The molecule has 0 aliphatic heterocycles. The van der Waals surface area contributed by atoms with Gasteiger partial charge in [0.2, 0.25) is 0 Å². The number of rotatable bonds is 13. The van der Waals surface area contributed by atoms with Gasteiger partial charge < -0.3 is 0 Å². The summed E-state index contributed by atoms with van der Waals surface area (Å²) >= 11 is -2.03. The predicted molar refractivity (Wildman–Crippen MR) is 102 cm³/mol. The molecule has 1 rings (SSSR count). The molecule has 1 atom stereocenters. The molecule has 0 bridgehead atoms. The molecule has 1 aliphatic rings. The van der Waals surface area contributed by atoms with E-state index in [1.54, 1.807) is 13.3 Å². The minimum absolute atomic E-state index is 0.710. The second-order valence-corrected chi connectivity index (χ2v) is 21.1. The Bertz CT molecular complexity index is 266. The van der Waals surface area contributed by atoms with Gasteiger partial charge in [-0.05, 0) is 0 Å². The third-order valence-corrected chi connectivity index (χ3v) is 19.7. The Kier molecular flexibility index (Phi) is 12.0. The summed E-state index contributed by atoms with van der Waals surface area (Å²) in [6.45, 7) is 8.05. The average molecular weight is 415 g/mol. The van der Waals surface area contributed by atoms with Gasteiger partial charge in [0, 0.05) is 0 Å². The third kappa shape index (κ3) is 8.38. The van der Waals surface area contributed by atoms with Crippen molar-refractivity contribution in [3.63, 3.8) is 0 Å². The predicted octanol–water partition coefficient (Wildman–Crippen LogP) is 6.75. The van der Waals surface area contributed by atoms with Crippen LogP contribution in [0, 0.1) is 5.92 Å². The van der Waals surface area contributed by atoms with E-state index >= 15 is 0 Å². The molecule has 0 spiro atoms. The van der Waals surface area contributed by atoms with Crippen molar-refractivity contribution >= 4 is 18.4 Å². The van der Waals surface area contributed by atoms with Gasteiger partial charge >= 0.3 is 144 Å². The maximum atomic E-state index is 6.37. The summed E-state index contributed by atoms with van der Waals surface area (Å²) < 4.78 is 12.3. The molecule has 0 aromatic rings. The van der Waals surface area contributed by atoms with Crippen molar-refractivity contribution in [3.05, 3.63) is 12.2 Å². The molecule has 0 aromatic carbocycles. The fourth-order valence-electron chi connectivity index (χ4n) is 3.70. The van der Waals surface area contributed by atoms with E-state index in [2.05, 4.69) is 32.9 Å². The normalized spacial score (nSPS) is 18.8. The van der Waals surface area contributed by atoms with Crippen molar-refractivity contribution in [1.82, 2.24) is 0 Å². The number of allylic oxidation sites excluding steroid dienone is 1. The molecule has 0 radical (unpaired) electrons. The van der Waals surface area contributed by atoms with Gasteiger partial charge in [0.15, 0.2) is 0 Å². The molecule has 0 amide bonds. The van der Waals surface area contributed by atoms with Crippen LogP contribution in [0.4, 0.5) is 0 Å². The van der Waals surface area contributed by atoms with E-state index in [1.165, 1.54) is 62.4 Å². The maximum absolute atomic E-state index is 6.37. The Labute approximate surface area is 144 Å². The molecule has 130 valence electrons. The van der Waals surface area contributed by atoms with Gasteiger partial charge in [-0.1, -0.05) is 0 Å². The summed E-state index contributed by atoms with van der Waals surface area (Å²) in [4.78, 5) is 0. The molecule has 0 fully saturated rings. The Hall–Kier alpha value is 0.499. The third-order valence-electron chi connectivity index (χ3n) is 5.28. The van der Waals surface area contributed by atoms with E-state index in [0.29, 0.717) is 5.92 Å². The SMILES string of the molecule is CCC[CH2][Sn]([CH2]CCC)([CH2]CCC)[CH2]OCC1C=CCCC1. The molecule has 0 aromatic heterocycles. The second-order valence-electron chi connectivity index (χ2n) is 7.44. The van der Waals surface area contributed by atoms with Gasteiger partial charge in [-0.2, -0.15) is 0 Å². The summed E-state index contributed by atoms with van der Waals surface area (Å²) in [7, 11) is 0. The van der Waals surface area contributed by atoms with Gasteiger partial charge in [-0.15, -0.1) is 0 Å². The van der Waals surface area contributed by atoms with E-state index < -0.39 is 18.4 Å². The molecule has 0 saturated carbocycles. The molecule has 0 N–H and O–H groups in total. The van der Waals surface area contributed by atoms with E-state index in [9.17, 15) is 0 Å².